The van der Waals surface area contributed by atoms with E-state index < -0.39 is 0 Å². The van der Waals surface area contributed by atoms with E-state index in [1.165, 1.54) is 33.0 Å². The van der Waals surface area contributed by atoms with Crippen LogP contribution in [0.15, 0.2) is 22.7 Å². The number of benzene rings is 1. The molecule has 94 valence electrons. The molecule has 3 atom stereocenters. The zero-order valence-corrected chi connectivity index (χ0v) is 14.1. The van der Waals surface area contributed by atoms with Crippen LogP contribution in [-0.2, 0) is 0 Å². The van der Waals surface area contributed by atoms with Crippen LogP contribution in [-0.4, -0.2) is 6.04 Å². The Kier molecular flexibility index (Phi) is 4.75. The van der Waals surface area contributed by atoms with Gasteiger partial charge in [-0.2, -0.15) is 0 Å². The van der Waals surface area contributed by atoms with Gasteiger partial charge in [-0.25, -0.2) is 0 Å². The molecule has 0 heterocycles. The summed E-state index contributed by atoms with van der Waals surface area (Å²) in [4.78, 5) is 0. The normalized spacial score (nSPS) is 29.1. The van der Waals surface area contributed by atoms with Crippen LogP contribution in [0.25, 0.3) is 0 Å². The van der Waals surface area contributed by atoms with Crippen LogP contribution in [0.1, 0.15) is 33.1 Å². The van der Waals surface area contributed by atoms with Gasteiger partial charge in [0.25, 0.3) is 0 Å². The Morgan fingerprint density at radius 1 is 1.29 bits per heavy atom. The Hall–Kier alpha value is 0.230. The molecule has 1 aromatic rings. The molecule has 1 aromatic carbocycles. The van der Waals surface area contributed by atoms with Crippen molar-refractivity contribution < 1.29 is 0 Å². The molecule has 1 nitrogen and oxygen atoms in total. The zero-order chi connectivity index (χ0) is 12.4. The lowest BCUT2D eigenvalue weighted by Gasteiger charge is -2.33. The smallest absolute Gasteiger partial charge is 0.0354 e. The molecule has 2 rings (SSSR count). The van der Waals surface area contributed by atoms with Gasteiger partial charge in [0, 0.05) is 19.8 Å². The first-order valence-corrected chi connectivity index (χ1v) is 8.15. The largest absolute Gasteiger partial charge is 0.382 e. The summed E-state index contributed by atoms with van der Waals surface area (Å²) in [6.07, 6.45) is 4.00. The predicted molar refractivity (Wildman–Crippen MR) is 86.4 cm³/mol. The number of anilines is 1. The topological polar surface area (TPSA) is 12.0 Å². The van der Waals surface area contributed by atoms with Crippen LogP contribution in [0.2, 0.25) is 0 Å². The summed E-state index contributed by atoms with van der Waals surface area (Å²) in [5.41, 5.74) is 1.24. The van der Waals surface area contributed by atoms with E-state index in [0.29, 0.717) is 6.04 Å². The first kappa shape index (κ1) is 13.7. The van der Waals surface area contributed by atoms with Gasteiger partial charge in [-0.1, -0.05) is 13.8 Å². The summed E-state index contributed by atoms with van der Waals surface area (Å²) in [6.45, 7) is 4.74. The molecule has 1 saturated carbocycles. The minimum atomic E-state index is 0.637. The second kappa shape index (κ2) is 5.91. The third-order valence-electron chi connectivity index (χ3n) is 3.70. The summed E-state index contributed by atoms with van der Waals surface area (Å²) in [6, 6.07) is 7.16. The highest BCUT2D eigenvalue weighted by Crippen LogP contribution is 2.31. The van der Waals surface area contributed by atoms with Crippen molar-refractivity contribution in [2.24, 2.45) is 11.8 Å². The third-order valence-corrected chi connectivity index (χ3v) is 6.04. The Bertz CT molecular complexity index is 394. The average molecular weight is 408 g/mol. The monoisotopic (exact) mass is 407 g/mol. The molecule has 1 aliphatic rings. The minimum Gasteiger partial charge on any atom is -0.382 e. The fourth-order valence-corrected chi connectivity index (χ4v) is 3.39. The molecule has 0 amide bonds. The fourth-order valence-electron chi connectivity index (χ4n) is 2.68. The SMILES string of the molecule is CC1CCC(Nc2ccc(I)c(Br)c2)C(C)C1. The molecule has 3 heteroatoms. The van der Waals surface area contributed by atoms with Gasteiger partial charge in [-0.05, 0) is 87.8 Å². The summed E-state index contributed by atoms with van der Waals surface area (Å²) in [7, 11) is 0. The van der Waals surface area contributed by atoms with Crippen molar-refractivity contribution in [2.75, 3.05) is 5.32 Å². The van der Waals surface area contributed by atoms with Crippen LogP contribution in [0.4, 0.5) is 5.69 Å². The van der Waals surface area contributed by atoms with Crippen LogP contribution in [0, 0.1) is 15.4 Å². The summed E-state index contributed by atoms with van der Waals surface area (Å²) < 4.78 is 2.44. The van der Waals surface area contributed by atoms with Crippen LogP contribution in [0.5, 0.6) is 0 Å². The molecule has 0 saturated heterocycles. The minimum absolute atomic E-state index is 0.637. The maximum Gasteiger partial charge on any atom is 0.0354 e. The van der Waals surface area contributed by atoms with Crippen molar-refractivity contribution in [3.63, 3.8) is 0 Å². The van der Waals surface area contributed by atoms with Crippen LogP contribution in [0.3, 0.4) is 0 Å². The molecule has 0 radical (unpaired) electrons. The molecule has 1 N–H and O–H groups in total. The maximum atomic E-state index is 3.69. The van der Waals surface area contributed by atoms with Crippen molar-refractivity contribution in [1.82, 2.24) is 0 Å². The standard InChI is InChI=1S/C14H19BrIN/c1-9-3-6-14(10(2)7-9)17-11-4-5-13(16)12(15)8-11/h4-5,8-10,14,17H,3,6-7H2,1-2H3. The molecule has 1 aliphatic carbocycles. The third kappa shape index (κ3) is 3.60. The summed E-state index contributed by atoms with van der Waals surface area (Å²) >= 11 is 5.93. The first-order valence-electron chi connectivity index (χ1n) is 6.28. The van der Waals surface area contributed by atoms with Crippen LogP contribution < -0.4 is 5.32 Å². The van der Waals surface area contributed by atoms with Crippen LogP contribution >= 0.6 is 38.5 Å². The average Bonchev–Trinajstić information content (AvgIpc) is 2.27. The van der Waals surface area contributed by atoms with Gasteiger partial charge in [0.2, 0.25) is 0 Å². The van der Waals surface area contributed by atoms with Gasteiger partial charge >= 0.3 is 0 Å². The second-order valence-electron chi connectivity index (χ2n) is 5.28. The maximum absolute atomic E-state index is 3.69. The molecule has 17 heavy (non-hydrogen) atoms. The molecular weight excluding hydrogens is 389 g/mol. The van der Waals surface area contributed by atoms with Crippen molar-refractivity contribution in [1.29, 1.82) is 0 Å². The molecule has 0 aliphatic heterocycles. The number of nitrogens with one attached hydrogen (secondary N) is 1. The molecule has 0 aromatic heterocycles. The molecule has 1 fully saturated rings. The summed E-state index contributed by atoms with van der Waals surface area (Å²) in [5.74, 6) is 1.67. The van der Waals surface area contributed by atoms with Gasteiger partial charge in [0.15, 0.2) is 0 Å². The molecule has 0 bridgehead atoms. The van der Waals surface area contributed by atoms with E-state index in [1.807, 2.05) is 0 Å². The van der Waals surface area contributed by atoms with Crippen molar-refractivity contribution in [3.05, 3.63) is 26.2 Å². The zero-order valence-electron chi connectivity index (χ0n) is 10.3. The summed E-state index contributed by atoms with van der Waals surface area (Å²) in [5, 5.41) is 3.69. The highest BCUT2D eigenvalue weighted by Gasteiger charge is 2.25. The van der Waals surface area contributed by atoms with Crippen molar-refractivity contribution in [3.8, 4) is 0 Å². The van der Waals surface area contributed by atoms with E-state index in [-0.39, 0.29) is 0 Å². The highest BCUT2D eigenvalue weighted by molar-refractivity contribution is 14.1. The van der Waals surface area contributed by atoms with Gasteiger partial charge < -0.3 is 5.32 Å². The Morgan fingerprint density at radius 2 is 2.06 bits per heavy atom. The molecule has 3 unspecified atom stereocenters. The Morgan fingerprint density at radius 3 is 2.71 bits per heavy atom. The fraction of sp³-hybridized carbons (Fsp3) is 0.571. The lowest BCUT2D eigenvalue weighted by atomic mass is 9.80. The number of hydrogen-bond donors (Lipinski definition) is 1. The second-order valence-corrected chi connectivity index (χ2v) is 7.29. The van der Waals surface area contributed by atoms with E-state index in [2.05, 4.69) is 75.9 Å². The Labute approximate surface area is 126 Å². The molecular formula is C14H19BrIN. The first-order chi connectivity index (χ1) is 8.06. The predicted octanol–water partition coefficient (Wildman–Crippen LogP) is 5.29. The van der Waals surface area contributed by atoms with Crippen molar-refractivity contribution in [2.45, 2.75) is 39.2 Å². The van der Waals surface area contributed by atoms with Gasteiger partial charge in [-0.15, -0.1) is 0 Å². The quantitative estimate of drug-likeness (QED) is 0.656. The number of halogens is 2. The molecule has 0 spiro atoms. The highest BCUT2D eigenvalue weighted by atomic mass is 127. The van der Waals surface area contributed by atoms with E-state index in [4.69, 9.17) is 0 Å². The van der Waals surface area contributed by atoms with E-state index in [0.717, 1.165) is 11.8 Å². The van der Waals surface area contributed by atoms with Crippen molar-refractivity contribution >= 4 is 44.2 Å². The lowest BCUT2D eigenvalue weighted by Crippen LogP contribution is -2.32. The number of rotatable bonds is 2. The van der Waals surface area contributed by atoms with Gasteiger partial charge in [0.05, 0.1) is 0 Å². The van der Waals surface area contributed by atoms with Gasteiger partial charge in [-0.3, -0.25) is 0 Å². The Balaban J connectivity index is 2.02. The van der Waals surface area contributed by atoms with E-state index in [9.17, 15) is 0 Å². The lowest BCUT2D eigenvalue weighted by molar-refractivity contribution is 0.276. The van der Waals surface area contributed by atoms with E-state index >= 15 is 0 Å². The van der Waals surface area contributed by atoms with E-state index in [1.54, 1.807) is 0 Å². The van der Waals surface area contributed by atoms with Gasteiger partial charge in [0.1, 0.15) is 0 Å². The number of hydrogen-bond acceptors (Lipinski definition) is 1.